The molecule has 2 aromatic rings. The first-order valence-electron chi connectivity index (χ1n) is 7.61. The fourth-order valence-corrected chi connectivity index (χ4v) is 2.88. The molecular weight excluding hydrogens is 352 g/mol. The van der Waals surface area contributed by atoms with E-state index < -0.39 is 42.4 Å². The van der Waals surface area contributed by atoms with E-state index in [9.17, 15) is 19.8 Å². The van der Waals surface area contributed by atoms with Crippen molar-refractivity contribution in [2.45, 2.75) is 31.1 Å². The van der Waals surface area contributed by atoms with Crippen molar-refractivity contribution in [3.8, 4) is 0 Å². The smallest absolute Gasteiger partial charge is 0.333 e. The third-order valence-electron chi connectivity index (χ3n) is 4.14. The number of ether oxygens (including phenoxy) is 1. The molecular formula is C16H17ClN2O6. The van der Waals surface area contributed by atoms with Crippen LogP contribution in [0.25, 0.3) is 0 Å². The summed E-state index contributed by atoms with van der Waals surface area (Å²) in [5, 5.41) is 29.6. The van der Waals surface area contributed by atoms with Crippen LogP contribution in [0, 0.1) is 0 Å². The van der Waals surface area contributed by atoms with E-state index in [-0.39, 0.29) is 6.54 Å². The molecule has 1 aromatic carbocycles. The Morgan fingerprint density at radius 3 is 2.36 bits per heavy atom. The molecule has 8 nitrogen and oxygen atoms in total. The van der Waals surface area contributed by atoms with Gasteiger partial charge in [0.2, 0.25) is 0 Å². The summed E-state index contributed by atoms with van der Waals surface area (Å²) in [6.45, 7) is -0.488. The zero-order valence-electron chi connectivity index (χ0n) is 13.0. The van der Waals surface area contributed by atoms with Gasteiger partial charge in [-0.1, -0.05) is 23.7 Å². The number of aliphatic hydroxyl groups excluding tert-OH is 3. The highest BCUT2D eigenvalue weighted by molar-refractivity contribution is 6.30. The largest absolute Gasteiger partial charge is 0.394 e. The second kappa shape index (κ2) is 7.11. The summed E-state index contributed by atoms with van der Waals surface area (Å²) in [6, 6.07) is 7.85. The van der Waals surface area contributed by atoms with Crippen LogP contribution in [0.3, 0.4) is 0 Å². The Morgan fingerprint density at radius 2 is 1.76 bits per heavy atom. The summed E-state index contributed by atoms with van der Waals surface area (Å²) in [5.41, 5.74) is -0.511. The number of nitrogens with zero attached hydrogens (tertiary/aromatic N) is 2. The highest BCUT2D eigenvalue weighted by Crippen LogP contribution is 2.27. The second-order valence-electron chi connectivity index (χ2n) is 5.79. The molecule has 0 amide bonds. The molecule has 0 saturated carbocycles. The van der Waals surface area contributed by atoms with Gasteiger partial charge in [0.15, 0.2) is 6.23 Å². The summed E-state index contributed by atoms with van der Waals surface area (Å²) >= 11 is 5.82. The Kier molecular flexibility index (Phi) is 5.07. The monoisotopic (exact) mass is 368 g/mol. The molecule has 2 heterocycles. The molecule has 4 unspecified atom stereocenters. The predicted molar refractivity (Wildman–Crippen MR) is 88.5 cm³/mol. The van der Waals surface area contributed by atoms with Crippen LogP contribution in [-0.4, -0.2) is 49.4 Å². The molecule has 0 radical (unpaired) electrons. The summed E-state index contributed by atoms with van der Waals surface area (Å²) < 4.78 is 7.36. The van der Waals surface area contributed by atoms with Crippen molar-refractivity contribution >= 4 is 11.6 Å². The zero-order valence-corrected chi connectivity index (χ0v) is 13.8. The molecule has 25 heavy (non-hydrogen) atoms. The maximum atomic E-state index is 12.7. The van der Waals surface area contributed by atoms with E-state index >= 15 is 0 Å². The Labute approximate surface area is 147 Å². The van der Waals surface area contributed by atoms with Crippen LogP contribution >= 0.6 is 11.6 Å². The number of hydrogen-bond donors (Lipinski definition) is 3. The molecule has 1 aliphatic heterocycles. The van der Waals surface area contributed by atoms with Gasteiger partial charge in [0.25, 0.3) is 5.56 Å². The van der Waals surface area contributed by atoms with Crippen LogP contribution < -0.4 is 11.2 Å². The number of benzene rings is 1. The van der Waals surface area contributed by atoms with Gasteiger partial charge in [-0.05, 0) is 17.7 Å². The van der Waals surface area contributed by atoms with Gasteiger partial charge in [0, 0.05) is 17.3 Å². The molecule has 134 valence electrons. The number of halogens is 1. The minimum atomic E-state index is -1.41. The zero-order chi connectivity index (χ0) is 18.1. The van der Waals surface area contributed by atoms with Crippen LogP contribution in [0.15, 0.2) is 46.1 Å². The van der Waals surface area contributed by atoms with E-state index in [0.29, 0.717) is 10.6 Å². The quantitative estimate of drug-likeness (QED) is 0.659. The average molecular weight is 369 g/mol. The highest BCUT2D eigenvalue weighted by atomic mass is 35.5. The molecule has 4 atom stereocenters. The lowest BCUT2D eigenvalue weighted by Gasteiger charge is -2.18. The van der Waals surface area contributed by atoms with Crippen molar-refractivity contribution in [3.05, 3.63) is 68.0 Å². The summed E-state index contributed by atoms with van der Waals surface area (Å²) in [7, 11) is 0. The minimum Gasteiger partial charge on any atom is -0.394 e. The molecule has 1 aromatic heterocycles. The van der Waals surface area contributed by atoms with E-state index in [1.165, 1.54) is 12.3 Å². The van der Waals surface area contributed by atoms with Gasteiger partial charge in [0.1, 0.15) is 18.3 Å². The first-order chi connectivity index (χ1) is 11.9. The third-order valence-corrected chi connectivity index (χ3v) is 4.39. The average Bonchev–Trinajstić information content (AvgIpc) is 2.88. The topological polar surface area (TPSA) is 114 Å². The Bertz CT molecular complexity index is 862. The van der Waals surface area contributed by atoms with E-state index in [4.69, 9.17) is 21.4 Å². The normalized spacial score (nSPS) is 26.1. The molecule has 3 rings (SSSR count). The van der Waals surface area contributed by atoms with E-state index in [1.54, 1.807) is 24.3 Å². The fourth-order valence-electron chi connectivity index (χ4n) is 2.75. The van der Waals surface area contributed by atoms with Crippen molar-refractivity contribution in [1.29, 1.82) is 0 Å². The first kappa shape index (κ1) is 17.8. The molecule has 1 saturated heterocycles. The molecule has 0 spiro atoms. The van der Waals surface area contributed by atoms with E-state index in [2.05, 4.69) is 0 Å². The van der Waals surface area contributed by atoms with Gasteiger partial charge in [-0.15, -0.1) is 0 Å². The standard InChI is InChI=1S/C16H17ClN2O6/c17-10-3-1-9(2-4-10)7-19-12(21)5-6-18(16(19)24)15-14(23)13(22)11(8-20)25-15/h1-6,11,13-15,20,22-23H,7-8H2. The third kappa shape index (κ3) is 3.39. The van der Waals surface area contributed by atoms with Crippen LogP contribution in [0.5, 0.6) is 0 Å². The van der Waals surface area contributed by atoms with Crippen molar-refractivity contribution in [3.63, 3.8) is 0 Å². The lowest BCUT2D eigenvalue weighted by Crippen LogP contribution is -2.43. The second-order valence-corrected chi connectivity index (χ2v) is 6.22. The van der Waals surface area contributed by atoms with E-state index in [1.807, 2.05) is 0 Å². The molecule has 3 N–H and O–H groups in total. The molecule has 0 aliphatic carbocycles. The lowest BCUT2D eigenvalue weighted by molar-refractivity contribution is -0.0555. The molecule has 0 bridgehead atoms. The van der Waals surface area contributed by atoms with Crippen LogP contribution in [-0.2, 0) is 11.3 Å². The first-order valence-corrected chi connectivity index (χ1v) is 7.99. The van der Waals surface area contributed by atoms with E-state index in [0.717, 1.165) is 9.13 Å². The van der Waals surface area contributed by atoms with Crippen LogP contribution in [0.1, 0.15) is 11.8 Å². The molecule has 9 heteroatoms. The van der Waals surface area contributed by atoms with Gasteiger partial charge >= 0.3 is 5.69 Å². The van der Waals surface area contributed by atoms with Crippen molar-refractivity contribution < 1.29 is 20.1 Å². The minimum absolute atomic E-state index is 0.0183. The Morgan fingerprint density at radius 1 is 1.08 bits per heavy atom. The maximum absolute atomic E-state index is 12.7. The van der Waals surface area contributed by atoms with Gasteiger partial charge in [0.05, 0.1) is 13.2 Å². The van der Waals surface area contributed by atoms with Gasteiger partial charge < -0.3 is 20.1 Å². The number of aromatic nitrogens is 2. The van der Waals surface area contributed by atoms with Gasteiger partial charge in [-0.3, -0.25) is 13.9 Å². The van der Waals surface area contributed by atoms with Crippen LogP contribution in [0.4, 0.5) is 0 Å². The molecule has 1 aliphatic rings. The number of hydrogen-bond acceptors (Lipinski definition) is 6. The van der Waals surface area contributed by atoms with Crippen molar-refractivity contribution in [2.24, 2.45) is 0 Å². The summed E-state index contributed by atoms with van der Waals surface area (Å²) in [5.74, 6) is 0. The maximum Gasteiger partial charge on any atom is 0.333 e. The number of aliphatic hydroxyl groups is 3. The fraction of sp³-hybridized carbons (Fsp3) is 0.375. The molecule has 1 fully saturated rings. The Hall–Kier alpha value is -1.97. The number of rotatable bonds is 4. The summed E-state index contributed by atoms with van der Waals surface area (Å²) in [4.78, 5) is 24.7. The SMILES string of the molecule is O=c1ccn(C2OC(CO)C(O)C2O)c(=O)n1Cc1ccc(Cl)cc1. The van der Waals surface area contributed by atoms with Gasteiger partial charge in [-0.2, -0.15) is 0 Å². The van der Waals surface area contributed by atoms with Crippen LogP contribution in [0.2, 0.25) is 5.02 Å². The Balaban J connectivity index is 1.97. The summed E-state index contributed by atoms with van der Waals surface area (Å²) in [6.07, 6.45) is -3.75. The van der Waals surface area contributed by atoms with Crippen molar-refractivity contribution in [2.75, 3.05) is 6.61 Å². The lowest BCUT2D eigenvalue weighted by atomic mass is 10.1. The predicted octanol–water partition coefficient (Wildman–Crippen LogP) is -0.677. The van der Waals surface area contributed by atoms with Gasteiger partial charge in [-0.25, -0.2) is 4.79 Å². The van der Waals surface area contributed by atoms with Crippen molar-refractivity contribution in [1.82, 2.24) is 9.13 Å². The highest BCUT2D eigenvalue weighted by Gasteiger charge is 2.43.